The topological polar surface area (TPSA) is 46.9 Å². The fourth-order valence-electron chi connectivity index (χ4n) is 4.89. The maximum atomic E-state index is 13.5. The van der Waals surface area contributed by atoms with Crippen LogP contribution in [-0.4, -0.2) is 21.7 Å². The number of nitrogens with one attached hydrogen (secondary N) is 1. The van der Waals surface area contributed by atoms with E-state index >= 15 is 0 Å². The number of aromatic nitrogens is 2. The monoisotopic (exact) mass is 485 g/mol. The molecule has 1 amide bonds. The van der Waals surface area contributed by atoms with Crippen LogP contribution in [0.5, 0.6) is 0 Å². The van der Waals surface area contributed by atoms with E-state index in [1.807, 2.05) is 22.9 Å². The van der Waals surface area contributed by atoms with Gasteiger partial charge in [0.1, 0.15) is 5.82 Å². The summed E-state index contributed by atoms with van der Waals surface area (Å²) in [6.07, 6.45) is 7.75. The van der Waals surface area contributed by atoms with Gasteiger partial charge in [-0.05, 0) is 80.8 Å². The maximum absolute atomic E-state index is 13.5. The Balaban J connectivity index is 1.61. The molecule has 1 unspecified atom stereocenters. The van der Waals surface area contributed by atoms with E-state index in [4.69, 9.17) is 28.3 Å². The lowest BCUT2D eigenvalue weighted by molar-refractivity contribution is 0.0910. The molecule has 1 atom stereocenters. The second-order valence-corrected chi connectivity index (χ2v) is 9.94. The number of fused-ring (bicyclic) bond motifs is 1. The number of benzene rings is 2. The Hall–Kier alpha value is -2.37. The molecule has 33 heavy (non-hydrogen) atoms. The summed E-state index contributed by atoms with van der Waals surface area (Å²) in [5.74, 6) is -0.215. The van der Waals surface area contributed by atoms with Crippen LogP contribution in [0.4, 0.5) is 4.39 Å². The van der Waals surface area contributed by atoms with Gasteiger partial charge in [0.15, 0.2) is 5.69 Å². The first-order valence-electron chi connectivity index (χ1n) is 11.6. The molecule has 1 heterocycles. The van der Waals surface area contributed by atoms with Crippen LogP contribution in [0.1, 0.15) is 71.8 Å². The van der Waals surface area contributed by atoms with Crippen molar-refractivity contribution >= 4 is 29.1 Å². The second-order valence-electron chi connectivity index (χ2n) is 9.09. The predicted molar refractivity (Wildman–Crippen MR) is 129 cm³/mol. The van der Waals surface area contributed by atoms with Crippen molar-refractivity contribution in [2.45, 2.75) is 63.3 Å². The molecule has 1 fully saturated rings. The molecule has 0 aliphatic heterocycles. The summed E-state index contributed by atoms with van der Waals surface area (Å²) in [5.41, 5.74) is 4.30. The Bertz CT molecular complexity index is 1170. The zero-order valence-corrected chi connectivity index (χ0v) is 19.8. The largest absolute Gasteiger partial charge is 0.348 e. The van der Waals surface area contributed by atoms with Gasteiger partial charge in [-0.3, -0.25) is 4.79 Å². The normalized spacial score (nSPS) is 18.3. The highest BCUT2D eigenvalue weighted by Gasteiger charge is 2.32. The van der Waals surface area contributed by atoms with Crippen molar-refractivity contribution in [2.75, 3.05) is 0 Å². The van der Waals surface area contributed by atoms with Crippen molar-refractivity contribution in [3.05, 3.63) is 80.8 Å². The standard InChI is InChI=1S/C26H26Cl2FN3O/c27-18-10-13-23(22(28)15-18)32-25-17(14-16-8-11-19(29)12-9-16)4-1-2-7-21(25)24(31-32)26(33)30-20-5-3-6-20/h8-13,15,17,20H,1-7,14H2,(H,30,33). The van der Waals surface area contributed by atoms with Crippen LogP contribution in [-0.2, 0) is 12.8 Å². The number of nitrogens with zero attached hydrogens (tertiary/aromatic N) is 2. The minimum atomic E-state index is -0.242. The summed E-state index contributed by atoms with van der Waals surface area (Å²) < 4.78 is 15.3. The third-order valence-electron chi connectivity index (χ3n) is 6.83. The molecule has 1 aromatic heterocycles. The first kappa shape index (κ1) is 22.4. The van der Waals surface area contributed by atoms with E-state index in [0.29, 0.717) is 21.4 Å². The molecule has 0 spiro atoms. The van der Waals surface area contributed by atoms with Gasteiger partial charge in [-0.25, -0.2) is 9.07 Å². The number of halogens is 3. The van der Waals surface area contributed by atoms with Gasteiger partial charge in [0, 0.05) is 22.5 Å². The summed E-state index contributed by atoms with van der Waals surface area (Å²) >= 11 is 12.7. The molecule has 0 radical (unpaired) electrons. The number of hydrogen-bond donors (Lipinski definition) is 1. The van der Waals surface area contributed by atoms with Crippen LogP contribution in [0, 0.1) is 5.82 Å². The lowest BCUT2D eigenvalue weighted by Gasteiger charge is -2.26. The van der Waals surface area contributed by atoms with Crippen LogP contribution < -0.4 is 5.32 Å². The highest BCUT2D eigenvalue weighted by atomic mass is 35.5. The second kappa shape index (κ2) is 9.47. The van der Waals surface area contributed by atoms with Crippen molar-refractivity contribution in [1.82, 2.24) is 15.1 Å². The third-order valence-corrected chi connectivity index (χ3v) is 7.37. The molecule has 2 aliphatic carbocycles. The van der Waals surface area contributed by atoms with Crippen LogP contribution >= 0.6 is 23.2 Å². The van der Waals surface area contributed by atoms with Crippen LogP contribution in [0.25, 0.3) is 5.69 Å². The molecular formula is C26H26Cl2FN3O. The van der Waals surface area contributed by atoms with Gasteiger partial charge in [-0.2, -0.15) is 5.10 Å². The molecule has 1 saturated carbocycles. The number of carbonyl (C=O) groups excluding carboxylic acids is 1. The highest BCUT2D eigenvalue weighted by molar-refractivity contribution is 6.35. The highest BCUT2D eigenvalue weighted by Crippen LogP contribution is 2.38. The Morgan fingerprint density at radius 1 is 1.06 bits per heavy atom. The lowest BCUT2D eigenvalue weighted by Crippen LogP contribution is -2.40. The first-order valence-corrected chi connectivity index (χ1v) is 12.4. The zero-order valence-electron chi connectivity index (χ0n) is 18.3. The minimum Gasteiger partial charge on any atom is -0.348 e. The van der Waals surface area contributed by atoms with E-state index in [9.17, 15) is 9.18 Å². The minimum absolute atomic E-state index is 0.109. The number of carbonyl (C=O) groups is 1. The summed E-state index contributed by atoms with van der Waals surface area (Å²) in [7, 11) is 0. The molecule has 2 aromatic carbocycles. The van der Waals surface area contributed by atoms with E-state index in [1.54, 1.807) is 12.1 Å². The molecule has 7 heteroatoms. The summed E-state index contributed by atoms with van der Waals surface area (Å²) in [4.78, 5) is 13.2. The fourth-order valence-corrected chi connectivity index (χ4v) is 5.38. The van der Waals surface area contributed by atoms with Gasteiger partial charge in [0.25, 0.3) is 5.91 Å². The fraction of sp³-hybridized carbons (Fsp3) is 0.385. The van der Waals surface area contributed by atoms with Crippen LogP contribution in [0.15, 0.2) is 42.5 Å². The van der Waals surface area contributed by atoms with Crippen molar-refractivity contribution in [1.29, 1.82) is 0 Å². The summed E-state index contributed by atoms with van der Waals surface area (Å²) in [6, 6.07) is 12.2. The average Bonchev–Trinajstić information content (AvgIpc) is 3.01. The SMILES string of the molecule is O=C(NC1CCC1)c1nn(-c2ccc(Cl)cc2Cl)c2c1CCCCC2Cc1ccc(F)cc1. The third kappa shape index (κ3) is 4.67. The van der Waals surface area contributed by atoms with E-state index in [2.05, 4.69) is 5.32 Å². The maximum Gasteiger partial charge on any atom is 0.272 e. The number of rotatable bonds is 5. The summed E-state index contributed by atoms with van der Waals surface area (Å²) in [5, 5.41) is 9.02. The first-order chi connectivity index (χ1) is 16.0. The van der Waals surface area contributed by atoms with E-state index in [1.165, 1.54) is 12.1 Å². The molecule has 1 N–H and O–H groups in total. The van der Waals surface area contributed by atoms with Gasteiger partial charge in [-0.1, -0.05) is 41.8 Å². The number of amides is 1. The van der Waals surface area contributed by atoms with Gasteiger partial charge >= 0.3 is 0 Å². The molecule has 5 rings (SSSR count). The smallest absolute Gasteiger partial charge is 0.272 e. The molecule has 2 aliphatic rings. The molecule has 172 valence electrons. The van der Waals surface area contributed by atoms with Crippen molar-refractivity contribution < 1.29 is 9.18 Å². The van der Waals surface area contributed by atoms with E-state index < -0.39 is 0 Å². The summed E-state index contributed by atoms with van der Waals surface area (Å²) in [6.45, 7) is 0. The van der Waals surface area contributed by atoms with E-state index in [-0.39, 0.29) is 23.7 Å². The Morgan fingerprint density at radius 3 is 2.55 bits per heavy atom. The Kier molecular flexibility index (Phi) is 6.44. The molecule has 0 saturated heterocycles. The van der Waals surface area contributed by atoms with Gasteiger partial charge < -0.3 is 5.32 Å². The van der Waals surface area contributed by atoms with E-state index in [0.717, 1.165) is 68.2 Å². The van der Waals surface area contributed by atoms with Gasteiger partial charge in [0.2, 0.25) is 0 Å². The lowest BCUT2D eigenvalue weighted by atomic mass is 9.90. The predicted octanol–water partition coefficient (Wildman–Crippen LogP) is 6.65. The molecular weight excluding hydrogens is 460 g/mol. The van der Waals surface area contributed by atoms with Gasteiger partial charge in [0.05, 0.1) is 16.4 Å². The molecule has 0 bridgehead atoms. The number of hydrogen-bond acceptors (Lipinski definition) is 2. The Morgan fingerprint density at radius 2 is 1.85 bits per heavy atom. The molecule has 4 nitrogen and oxygen atoms in total. The van der Waals surface area contributed by atoms with Crippen molar-refractivity contribution in [2.24, 2.45) is 0 Å². The Labute approximate surface area is 203 Å². The van der Waals surface area contributed by atoms with Crippen molar-refractivity contribution in [3.63, 3.8) is 0 Å². The molecule has 3 aromatic rings. The van der Waals surface area contributed by atoms with Gasteiger partial charge in [-0.15, -0.1) is 0 Å². The van der Waals surface area contributed by atoms with Crippen LogP contribution in [0.3, 0.4) is 0 Å². The van der Waals surface area contributed by atoms with Crippen molar-refractivity contribution in [3.8, 4) is 5.69 Å². The zero-order chi connectivity index (χ0) is 22.9. The quantitative estimate of drug-likeness (QED) is 0.411. The average molecular weight is 486 g/mol. The van der Waals surface area contributed by atoms with Crippen LogP contribution in [0.2, 0.25) is 10.0 Å².